The maximum absolute atomic E-state index is 5.78. The van der Waals surface area contributed by atoms with Crippen molar-refractivity contribution in [2.45, 2.75) is 9.37 Å². The van der Waals surface area contributed by atoms with Gasteiger partial charge in [0, 0.05) is 16.3 Å². The van der Waals surface area contributed by atoms with Gasteiger partial charge in [0.05, 0.1) is 5.03 Å². The van der Waals surface area contributed by atoms with Crippen LogP contribution in [0, 0.1) is 0 Å². The van der Waals surface area contributed by atoms with Crippen molar-refractivity contribution in [3.63, 3.8) is 0 Å². The second-order valence-corrected chi connectivity index (χ2v) is 5.79. The van der Waals surface area contributed by atoms with E-state index in [0.717, 1.165) is 14.9 Å². The minimum atomic E-state index is 0.559. The number of aromatic amines is 1. The summed E-state index contributed by atoms with van der Waals surface area (Å²) in [7, 11) is 0. The fourth-order valence-electron chi connectivity index (χ4n) is 1.48. The number of nitrogens with zero attached hydrogens (tertiary/aromatic N) is 1. The molecule has 80 valence electrons. The van der Waals surface area contributed by atoms with Gasteiger partial charge < -0.3 is 4.98 Å². The summed E-state index contributed by atoms with van der Waals surface area (Å²) in [6.07, 6.45) is 0. The van der Waals surface area contributed by atoms with Crippen LogP contribution in [0.25, 0.3) is 10.9 Å². The smallest absolute Gasteiger partial charge is 0.157 e. The molecule has 0 saturated heterocycles. The van der Waals surface area contributed by atoms with Gasteiger partial charge in [-0.1, -0.05) is 29.8 Å². The molecule has 0 saturated carbocycles. The molecule has 2 aromatic heterocycles. The molecule has 0 aliphatic heterocycles. The Morgan fingerprint density at radius 2 is 2.19 bits per heavy atom. The van der Waals surface area contributed by atoms with Crippen molar-refractivity contribution >= 4 is 45.6 Å². The predicted molar refractivity (Wildman–Crippen MR) is 69.5 cm³/mol. The van der Waals surface area contributed by atoms with Crippen molar-refractivity contribution in [1.29, 1.82) is 0 Å². The Bertz CT molecular complexity index is 596. The highest BCUT2D eigenvalue weighted by molar-refractivity contribution is 8.01. The number of H-pyrrole nitrogens is 1. The average molecular weight is 267 g/mol. The summed E-state index contributed by atoms with van der Waals surface area (Å²) in [5.74, 6) is 0. The molecule has 5 heteroatoms. The molecule has 0 atom stereocenters. The number of rotatable bonds is 2. The number of hydrogen-bond donors (Lipinski definition) is 1. The Kier molecular flexibility index (Phi) is 2.63. The number of para-hydroxylation sites is 1. The summed E-state index contributed by atoms with van der Waals surface area (Å²) in [4.78, 5) is 7.54. The lowest BCUT2D eigenvalue weighted by molar-refractivity contribution is 1.20. The van der Waals surface area contributed by atoms with E-state index >= 15 is 0 Å². The van der Waals surface area contributed by atoms with E-state index in [4.69, 9.17) is 11.6 Å². The minimum absolute atomic E-state index is 0.559. The SMILES string of the molecule is Clc1csc(Sc2cc3ccccc3[nH]2)n1. The molecule has 0 unspecified atom stereocenters. The molecule has 3 rings (SSSR count). The van der Waals surface area contributed by atoms with Crippen LogP contribution in [-0.2, 0) is 0 Å². The third-order valence-corrected chi connectivity index (χ3v) is 4.36. The van der Waals surface area contributed by atoms with E-state index in [1.54, 1.807) is 23.1 Å². The normalized spacial score (nSPS) is 11.1. The summed E-state index contributed by atoms with van der Waals surface area (Å²) in [6.45, 7) is 0. The van der Waals surface area contributed by atoms with E-state index in [0.29, 0.717) is 5.15 Å². The molecule has 0 fully saturated rings. The molecule has 2 heterocycles. The molecule has 0 radical (unpaired) electrons. The number of hydrogen-bond acceptors (Lipinski definition) is 3. The lowest BCUT2D eigenvalue weighted by Crippen LogP contribution is -1.70. The Morgan fingerprint density at radius 3 is 2.94 bits per heavy atom. The third-order valence-electron chi connectivity index (χ3n) is 2.16. The molecule has 1 aromatic carbocycles. The molecule has 0 spiro atoms. The molecular formula is C11H7ClN2S2. The highest BCUT2D eigenvalue weighted by Crippen LogP contribution is 2.32. The minimum Gasteiger partial charge on any atom is -0.349 e. The van der Waals surface area contributed by atoms with Gasteiger partial charge in [0.25, 0.3) is 0 Å². The van der Waals surface area contributed by atoms with Crippen LogP contribution in [0.4, 0.5) is 0 Å². The highest BCUT2D eigenvalue weighted by atomic mass is 35.5. The van der Waals surface area contributed by atoms with E-state index in [1.807, 2.05) is 17.5 Å². The fourth-order valence-corrected chi connectivity index (χ4v) is 3.49. The maximum atomic E-state index is 5.78. The molecule has 2 nitrogen and oxygen atoms in total. The van der Waals surface area contributed by atoms with E-state index < -0.39 is 0 Å². The van der Waals surface area contributed by atoms with Gasteiger partial charge in [-0.25, -0.2) is 4.98 Å². The zero-order chi connectivity index (χ0) is 11.0. The van der Waals surface area contributed by atoms with Gasteiger partial charge in [0.1, 0.15) is 5.15 Å². The zero-order valence-electron chi connectivity index (χ0n) is 8.11. The van der Waals surface area contributed by atoms with Crippen LogP contribution in [0.15, 0.2) is 45.1 Å². The zero-order valence-corrected chi connectivity index (χ0v) is 10.5. The first kappa shape index (κ1) is 10.2. The maximum Gasteiger partial charge on any atom is 0.157 e. The first-order valence-electron chi connectivity index (χ1n) is 4.68. The summed E-state index contributed by atoms with van der Waals surface area (Å²) in [5.41, 5.74) is 1.15. The van der Waals surface area contributed by atoms with Crippen molar-refractivity contribution in [2.24, 2.45) is 0 Å². The summed E-state index contributed by atoms with van der Waals surface area (Å²) >= 11 is 8.94. The Balaban J connectivity index is 1.95. The van der Waals surface area contributed by atoms with E-state index in [1.165, 1.54) is 5.39 Å². The van der Waals surface area contributed by atoms with Crippen LogP contribution in [0.2, 0.25) is 5.15 Å². The van der Waals surface area contributed by atoms with E-state index in [9.17, 15) is 0 Å². The third kappa shape index (κ3) is 1.96. The first-order valence-corrected chi connectivity index (χ1v) is 6.75. The van der Waals surface area contributed by atoms with Crippen LogP contribution in [-0.4, -0.2) is 9.97 Å². The number of fused-ring (bicyclic) bond motifs is 1. The fraction of sp³-hybridized carbons (Fsp3) is 0. The van der Waals surface area contributed by atoms with Crippen LogP contribution in [0.3, 0.4) is 0 Å². The summed E-state index contributed by atoms with van der Waals surface area (Å²) in [6, 6.07) is 10.3. The van der Waals surface area contributed by atoms with Crippen molar-refractivity contribution in [2.75, 3.05) is 0 Å². The molecule has 0 bridgehead atoms. The van der Waals surface area contributed by atoms with Gasteiger partial charge >= 0.3 is 0 Å². The van der Waals surface area contributed by atoms with Gasteiger partial charge in [-0.15, -0.1) is 11.3 Å². The largest absolute Gasteiger partial charge is 0.349 e. The lowest BCUT2D eigenvalue weighted by Gasteiger charge is -1.90. The van der Waals surface area contributed by atoms with Crippen LogP contribution in [0.1, 0.15) is 0 Å². The summed E-state index contributed by atoms with van der Waals surface area (Å²) < 4.78 is 0.955. The molecule has 1 N–H and O–H groups in total. The molecule has 0 aliphatic carbocycles. The average Bonchev–Trinajstić information content (AvgIpc) is 2.84. The second kappa shape index (κ2) is 4.13. The van der Waals surface area contributed by atoms with E-state index in [-0.39, 0.29) is 0 Å². The monoisotopic (exact) mass is 266 g/mol. The molecule has 0 aliphatic rings. The van der Waals surface area contributed by atoms with Crippen LogP contribution < -0.4 is 0 Å². The Labute approximate surface area is 106 Å². The molecular weight excluding hydrogens is 260 g/mol. The van der Waals surface area contributed by atoms with Crippen molar-refractivity contribution in [1.82, 2.24) is 9.97 Å². The number of nitrogens with one attached hydrogen (secondary N) is 1. The summed E-state index contributed by atoms with van der Waals surface area (Å²) in [5, 5.41) is 4.70. The second-order valence-electron chi connectivity index (χ2n) is 3.26. The van der Waals surface area contributed by atoms with Gasteiger partial charge in [-0.2, -0.15) is 0 Å². The quantitative estimate of drug-likeness (QED) is 0.743. The topological polar surface area (TPSA) is 28.7 Å². The van der Waals surface area contributed by atoms with Crippen molar-refractivity contribution < 1.29 is 0 Å². The highest BCUT2D eigenvalue weighted by Gasteiger charge is 2.05. The van der Waals surface area contributed by atoms with Gasteiger partial charge in [0.15, 0.2) is 4.34 Å². The molecule has 3 aromatic rings. The van der Waals surface area contributed by atoms with E-state index in [2.05, 4.69) is 28.2 Å². The van der Waals surface area contributed by atoms with Crippen molar-refractivity contribution in [3.8, 4) is 0 Å². The first-order chi connectivity index (χ1) is 7.81. The van der Waals surface area contributed by atoms with Crippen LogP contribution in [0.5, 0.6) is 0 Å². The molecule has 0 amide bonds. The lowest BCUT2D eigenvalue weighted by atomic mass is 10.3. The van der Waals surface area contributed by atoms with Crippen molar-refractivity contribution in [3.05, 3.63) is 40.9 Å². The predicted octanol–water partition coefficient (Wildman–Crippen LogP) is 4.43. The van der Waals surface area contributed by atoms with Gasteiger partial charge in [0.2, 0.25) is 0 Å². The number of halogens is 1. The van der Waals surface area contributed by atoms with Crippen LogP contribution >= 0.6 is 34.7 Å². The molecule has 16 heavy (non-hydrogen) atoms. The van der Waals surface area contributed by atoms with Gasteiger partial charge in [-0.3, -0.25) is 0 Å². The standard InChI is InChI=1S/C11H7ClN2S2/c12-9-6-15-11(14-9)16-10-5-7-3-1-2-4-8(7)13-10/h1-6,13H. The number of thiazole rings is 1. The number of benzene rings is 1. The number of aromatic nitrogens is 2. The Hall–Kier alpha value is -0.970. The Morgan fingerprint density at radius 1 is 1.31 bits per heavy atom. The van der Waals surface area contributed by atoms with Gasteiger partial charge in [-0.05, 0) is 23.9 Å².